The Kier molecular flexibility index (Phi) is 3.79. The highest BCUT2D eigenvalue weighted by Crippen LogP contribution is 2.09. The molecule has 0 amide bonds. The van der Waals surface area contributed by atoms with E-state index in [1.54, 1.807) is 12.1 Å². The van der Waals surface area contributed by atoms with E-state index in [0.29, 0.717) is 24.1 Å². The van der Waals surface area contributed by atoms with Crippen molar-refractivity contribution < 1.29 is 4.79 Å². The third kappa shape index (κ3) is 3.08. The molecule has 0 atom stereocenters. The van der Waals surface area contributed by atoms with Crippen molar-refractivity contribution in [3.8, 4) is 12.1 Å². The van der Waals surface area contributed by atoms with E-state index in [4.69, 9.17) is 10.5 Å². The molecule has 1 aromatic rings. The molecule has 15 heavy (non-hydrogen) atoms. The molecular formula is C11H7N3O. The van der Waals surface area contributed by atoms with Crippen LogP contribution in [-0.2, 0) is 11.2 Å². The minimum absolute atomic E-state index is 0.323. The topological polar surface area (TPSA) is 77.0 Å². The number of nitrogens with zero attached hydrogens (tertiary/aromatic N) is 3. The number of aliphatic imine (C=N–C) groups is 1. The molecule has 0 aliphatic heterocycles. The van der Waals surface area contributed by atoms with Crippen LogP contribution in [0.5, 0.6) is 0 Å². The second-order valence-corrected chi connectivity index (χ2v) is 2.87. The van der Waals surface area contributed by atoms with Crippen molar-refractivity contribution in [3.05, 3.63) is 34.9 Å². The van der Waals surface area contributed by atoms with E-state index >= 15 is 0 Å². The van der Waals surface area contributed by atoms with Crippen LogP contribution in [0, 0.1) is 22.7 Å². The number of benzene rings is 1. The first-order valence-corrected chi connectivity index (χ1v) is 4.28. The van der Waals surface area contributed by atoms with E-state index < -0.39 is 0 Å². The Hall–Kier alpha value is -2.42. The summed E-state index contributed by atoms with van der Waals surface area (Å²) in [7, 11) is 0. The second kappa shape index (κ2) is 5.34. The fourth-order valence-electron chi connectivity index (χ4n) is 1.20. The molecule has 0 unspecified atom stereocenters. The normalized spacial score (nSPS) is 8.40. The lowest BCUT2D eigenvalue weighted by atomic mass is 10.0. The quantitative estimate of drug-likeness (QED) is 0.541. The van der Waals surface area contributed by atoms with Crippen molar-refractivity contribution in [3.63, 3.8) is 0 Å². The van der Waals surface area contributed by atoms with Gasteiger partial charge in [-0.05, 0) is 30.2 Å². The number of rotatable bonds is 3. The van der Waals surface area contributed by atoms with Crippen LogP contribution in [0.25, 0.3) is 0 Å². The summed E-state index contributed by atoms with van der Waals surface area (Å²) in [5.74, 6) is 0. The third-order valence-corrected chi connectivity index (χ3v) is 1.83. The molecule has 0 fully saturated rings. The van der Waals surface area contributed by atoms with E-state index in [1.165, 1.54) is 12.1 Å². The SMILES string of the molecule is N#Cc1cc(C#N)cc(CCN=C=O)c1. The smallest absolute Gasteiger partial charge is 0.211 e. The largest absolute Gasteiger partial charge is 0.234 e. The Bertz CT molecular complexity index is 455. The van der Waals surface area contributed by atoms with Crippen LogP contribution in [0.2, 0.25) is 0 Å². The van der Waals surface area contributed by atoms with E-state index in [-0.39, 0.29) is 0 Å². The highest BCUT2D eigenvalue weighted by Gasteiger charge is 2.00. The molecule has 0 saturated heterocycles. The van der Waals surface area contributed by atoms with Crippen LogP contribution in [0.3, 0.4) is 0 Å². The van der Waals surface area contributed by atoms with Gasteiger partial charge in [0, 0.05) is 0 Å². The number of isocyanates is 1. The average Bonchev–Trinajstić information content (AvgIpc) is 2.29. The van der Waals surface area contributed by atoms with Crippen molar-refractivity contribution in [2.75, 3.05) is 6.54 Å². The second-order valence-electron chi connectivity index (χ2n) is 2.87. The minimum atomic E-state index is 0.323. The lowest BCUT2D eigenvalue weighted by Gasteiger charge is -1.99. The Labute approximate surface area is 87.1 Å². The summed E-state index contributed by atoms with van der Waals surface area (Å²) >= 11 is 0. The van der Waals surface area contributed by atoms with Gasteiger partial charge < -0.3 is 0 Å². The lowest BCUT2D eigenvalue weighted by Crippen LogP contribution is -1.92. The van der Waals surface area contributed by atoms with Gasteiger partial charge in [-0.2, -0.15) is 10.5 Å². The molecule has 0 aliphatic carbocycles. The van der Waals surface area contributed by atoms with E-state index in [2.05, 4.69) is 4.99 Å². The van der Waals surface area contributed by atoms with Gasteiger partial charge in [-0.25, -0.2) is 9.79 Å². The van der Waals surface area contributed by atoms with Gasteiger partial charge in [0.05, 0.1) is 29.8 Å². The predicted octanol–water partition coefficient (Wildman–Crippen LogP) is 1.31. The Morgan fingerprint density at radius 1 is 1.13 bits per heavy atom. The molecule has 0 saturated carbocycles. The number of hydrogen-bond donors (Lipinski definition) is 0. The number of nitriles is 2. The van der Waals surface area contributed by atoms with E-state index in [1.807, 2.05) is 12.1 Å². The first kappa shape index (κ1) is 10.7. The van der Waals surface area contributed by atoms with Gasteiger partial charge in [-0.3, -0.25) is 0 Å². The molecule has 0 heterocycles. The summed E-state index contributed by atoms with van der Waals surface area (Å²) in [4.78, 5) is 13.3. The molecule has 4 heteroatoms. The number of carbonyl (C=O) groups excluding carboxylic acids is 1. The van der Waals surface area contributed by atoms with Gasteiger partial charge in [0.1, 0.15) is 0 Å². The molecule has 72 valence electrons. The van der Waals surface area contributed by atoms with Crippen LogP contribution < -0.4 is 0 Å². The zero-order chi connectivity index (χ0) is 11.1. The summed E-state index contributed by atoms with van der Waals surface area (Å²) in [6.45, 7) is 0.323. The molecule has 0 N–H and O–H groups in total. The molecule has 0 bridgehead atoms. The van der Waals surface area contributed by atoms with E-state index in [9.17, 15) is 4.79 Å². The van der Waals surface area contributed by atoms with Crippen molar-refractivity contribution >= 4 is 6.08 Å². The standard InChI is InChI=1S/C11H7N3O/c12-6-10-3-9(1-2-14-8-15)4-11(5-10)7-13/h3-5H,1-2H2. The highest BCUT2D eigenvalue weighted by molar-refractivity contribution is 5.42. The van der Waals surface area contributed by atoms with Gasteiger partial charge in [-0.15, -0.1) is 0 Å². The molecule has 0 aromatic heterocycles. The first-order valence-electron chi connectivity index (χ1n) is 4.28. The molecule has 0 spiro atoms. The molecule has 0 radical (unpaired) electrons. The lowest BCUT2D eigenvalue weighted by molar-refractivity contribution is 0.563. The third-order valence-electron chi connectivity index (χ3n) is 1.83. The summed E-state index contributed by atoms with van der Waals surface area (Å²) in [6, 6.07) is 8.83. The summed E-state index contributed by atoms with van der Waals surface area (Å²) in [6.07, 6.45) is 1.97. The molecule has 1 aromatic carbocycles. The Morgan fingerprint density at radius 3 is 2.20 bits per heavy atom. The van der Waals surface area contributed by atoms with Gasteiger partial charge in [0.2, 0.25) is 6.08 Å². The van der Waals surface area contributed by atoms with Crippen molar-refractivity contribution in [1.82, 2.24) is 0 Å². The number of hydrogen-bond acceptors (Lipinski definition) is 4. The zero-order valence-corrected chi connectivity index (χ0v) is 7.90. The van der Waals surface area contributed by atoms with Crippen molar-refractivity contribution in [2.24, 2.45) is 4.99 Å². The van der Waals surface area contributed by atoms with Gasteiger partial charge in [-0.1, -0.05) is 0 Å². The van der Waals surface area contributed by atoms with Crippen molar-refractivity contribution in [1.29, 1.82) is 10.5 Å². The fraction of sp³-hybridized carbons (Fsp3) is 0.182. The maximum Gasteiger partial charge on any atom is 0.234 e. The zero-order valence-electron chi connectivity index (χ0n) is 7.90. The van der Waals surface area contributed by atoms with Gasteiger partial charge in [0.25, 0.3) is 0 Å². The molecule has 4 nitrogen and oxygen atoms in total. The molecule has 0 aliphatic rings. The summed E-state index contributed by atoms with van der Waals surface area (Å²) in [5, 5.41) is 17.4. The summed E-state index contributed by atoms with van der Waals surface area (Å²) in [5.41, 5.74) is 1.71. The van der Waals surface area contributed by atoms with Crippen LogP contribution in [0.15, 0.2) is 23.2 Å². The van der Waals surface area contributed by atoms with Gasteiger partial charge in [0.15, 0.2) is 0 Å². The van der Waals surface area contributed by atoms with Crippen LogP contribution >= 0.6 is 0 Å². The average molecular weight is 197 g/mol. The van der Waals surface area contributed by atoms with Crippen LogP contribution in [0.1, 0.15) is 16.7 Å². The predicted molar refractivity (Wildman–Crippen MR) is 52.6 cm³/mol. The Morgan fingerprint density at radius 2 is 1.73 bits per heavy atom. The highest BCUT2D eigenvalue weighted by atomic mass is 16.1. The maximum absolute atomic E-state index is 9.84. The van der Waals surface area contributed by atoms with Gasteiger partial charge >= 0.3 is 0 Å². The monoisotopic (exact) mass is 197 g/mol. The Balaban J connectivity index is 2.94. The molecule has 1 rings (SSSR count). The molecular weight excluding hydrogens is 190 g/mol. The van der Waals surface area contributed by atoms with E-state index in [0.717, 1.165) is 5.56 Å². The first-order chi connectivity index (χ1) is 7.30. The summed E-state index contributed by atoms with van der Waals surface area (Å²) < 4.78 is 0. The minimum Gasteiger partial charge on any atom is -0.211 e. The fourth-order valence-corrected chi connectivity index (χ4v) is 1.20. The maximum atomic E-state index is 9.84. The van der Waals surface area contributed by atoms with Crippen molar-refractivity contribution in [2.45, 2.75) is 6.42 Å². The van der Waals surface area contributed by atoms with Crippen LogP contribution in [-0.4, -0.2) is 12.6 Å². The van der Waals surface area contributed by atoms with Crippen LogP contribution in [0.4, 0.5) is 0 Å².